The maximum absolute atomic E-state index is 13.5. The van der Waals surface area contributed by atoms with Crippen molar-refractivity contribution in [2.45, 2.75) is 52.2 Å². The lowest BCUT2D eigenvalue weighted by molar-refractivity contribution is 0.101. The molecule has 216 valence electrons. The summed E-state index contributed by atoms with van der Waals surface area (Å²) in [6.07, 6.45) is 7.50. The standard InChI is InChI=1S/C32H35N7O3/c1-20-26-14-34-31(36-29(26)39(24-5-3-4-6-24)30(42)28(20)21(2)41)35-27-12-11-25(13-33-27)38-18-32(19-38)16-37(17-32)23-9-7-22(15-40)8-10-23/h7-14,24,40H,3-6,15-19H2,1-2H3,(H,33,34,35,36). The lowest BCUT2D eigenvalue weighted by Gasteiger charge is -2.61. The molecule has 3 aromatic heterocycles. The second-order valence-electron chi connectivity index (χ2n) is 12.2. The van der Waals surface area contributed by atoms with Crippen molar-refractivity contribution in [2.24, 2.45) is 5.41 Å². The van der Waals surface area contributed by atoms with Gasteiger partial charge >= 0.3 is 0 Å². The highest BCUT2D eigenvalue weighted by molar-refractivity contribution is 5.99. The number of aromatic nitrogens is 4. The van der Waals surface area contributed by atoms with Crippen molar-refractivity contribution in [1.82, 2.24) is 19.5 Å². The van der Waals surface area contributed by atoms with E-state index < -0.39 is 0 Å². The predicted octanol–water partition coefficient (Wildman–Crippen LogP) is 4.38. The van der Waals surface area contributed by atoms with Crippen LogP contribution >= 0.6 is 0 Å². The summed E-state index contributed by atoms with van der Waals surface area (Å²) < 4.78 is 1.72. The lowest BCUT2D eigenvalue weighted by atomic mass is 9.72. The number of nitrogens with one attached hydrogen (secondary N) is 1. The van der Waals surface area contributed by atoms with Gasteiger partial charge in [0.15, 0.2) is 5.78 Å². The first kappa shape index (κ1) is 26.6. The number of aliphatic hydroxyl groups is 1. The number of nitrogens with zero attached hydrogens (tertiary/aromatic N) is 6. The third-order valence-corrected chi connectivity index (χ3v) is 9.19. The van der Waals surface area contributed by atoms with E-state index in [0.717, 1.165) is 68.5 Å². The molecular formula is C32H35N7O3. The molecule has 1 saturated carbocycles. The highest BCUT2D eigenvalue weighted by Crippen LogP contribution is 2.43. The first-order valence-corrected chi connectivity index (χ1v) is 14.7. The van der Waals surface area contributed by atoms with Gasteiger partial charge in [-0.2, -0.15) is 4.98 Å². The Balaban J connectivity index is 1.05. The molecule has 0 unspecified atom stereocenters. The van der Waals surface area contributed by atoms with Crippen LogP contribution in [0.2, 0.25) is 0 Å². The summed E-state index contributed by atoms with van der Waals surface area (Å²) in [6, 6.07) is 12.2. The molecule has 1 spiro atoms. The molecule has 2 aliphatic heterocycles. The minimum absolute atomic E-state index is 0.0354. The van der Waals surface area contributed by atoms with E-state index in [1.54, 1.807) is 17.7 Å². The molecule has 0 amide bonds. The van der Waals surface area contributed by atoms with E-state index in [1.807, 2.05) is 24.4 Å². The molecule has 4 aromatic rings. The molecule has 2 N–H and O–H groups in total. The summed E-state index contributed by atoms with van der Waals surface area (Å²) in [5, 5.41) is 13.2. The van der Waals surface area contributed by atoms with Crippen molar-refractivity contribution in [2.75, 3.05) is 41.3 Å². The molecule has 7 rings (SSSR count). The highest BCUT2D eigenvalue weighted by atomic mass is 16.3. The van der Waals surface area contributed by atoms with Crippen LogP contribution in [0.3, 0.4) is 0 Å². The molecule has 3 aliphatic rings. The summed E-state index contributed by atoms with van der Waals surface area (Å²) in [5.74, 6) is 0.767. The Morgan fingerprint density at radius 3 is 2.26 bits per heavy atom. The van der Waals surface area contributed by atoms with Crippen molar-refractivity contribution < 1.29 is 9.90 Å². The largest absolute Gasteiger partial charge is 0.392 e. The molecule has 42 heavy (non-hydrogen) atoms. The first-order chi connectivity index (χ1) is 20.3. The van der Waals surface area contributed by atoms with Crippen molar-refractivity contribution in [3.8, 4) is 0 Å². The third-order valence-electron chi connectivity index (χ3n) is 9.19. The van der Waals surface area contributed by atoms with E-state index in [9.17, 15) is 14.7 Å². The molecule has 0 atom stereocenters. The summed E-state index contributed by atoms with van der Waals surface area (Å²) in [4.78, 5) is 44.5. The number of pyridine rings is 2. The molecule has 10 nitrogen and oxygen atoms in total. The Kier molecular flexibility index (Phi) is 6.46. The quantitative estimate of drug-likeness (QED) is 0.315. The summed E-state index contributed by atoms with van der Waals surface area (Å²) >= 11 is 0. The number of hydrogen-bond acceptors (Lipinski definition) is 9. The Morgan fingerprint density at radius 1 is 0.976 bits per heavy atom. The van der Waals surface area contributed by atoms with Gasteiger partial charge in [-0.15, -0.1) is 0 Å². The molecule has 0 radical (unpaired) electrons. The zero-order valence-corrected chi connectivity index (χ0v) is 24.0. The van der Waals surface area contributed by atoms with Gasteiger partial charge in [-0.25, -0.2) is 9.97 Å². The molecular weight excluding hydrogens is 530 g/mol. The topological polar surface area (TPSA) is 116 Å². The van der Waals surface area contributed by atoms with E-state index in [2.05, 4.69) is 43.3 Å². The number of fused-ring (bicyclic) bond motifs is 1. The van der Waals surface area contributed by atoms with Gasteiger partial charge in [0.1, 0.15) is 11.5 Å². The number of benzene rings is 1. The smallest absolute Gasteiger partial charge is 0.263 e. The fourth-order valence-electron chi connectivity index (χ4n) is 6.97. The number of hydrogen-bond donors (Lipinski definition) is 2. The number of carbonyl (C=O) groups excluding carboxylic acids is 1. The molecule has 0 bridgehead atoms. The number of aryl methyl sites for hydroxylation is 1. The summed E-state index contributed by atoms with van der Waals surface area (Å²) in [7, 11) is 0. The average molecular weight is 566 g/mol. The van der Waals surface area contributed by atoms with Gasteiger partial charge in [0, 0.05) is 54.9 Å². The minimum atomic E-state index is -0.256. The Morgan fingerprint density at radius 2 is 1.64 bits per heavy atom. The van der Waals surface area contributed by atoms with Crippen molar-refractivity contribution in [3.63, 3.8) is 0 Å². The van der Waals surface area contributed by atoms with E-state index in [1.165, 1.54) is 12.6 Å². The maximum atomic E-state index is 13.5. The molecule has 10 heteroatoms. The van der Waals surface area contributed by atoms with Gasteiger partial charge in [0.2, 0.25) is 5.95 Å². The molecule has 2 saturated heterocycles. The van der Waals surface area contributed by atoms with E-state index in [-0.39, 0.29) is 29.6 Å². The number of Topliss-reactive ketones (excluding diaryl/α,β-unsaturated/α-hetero) is 1. The number of aliphatic hydroxyl groups excluding tert-OH is 1. The number of anilines is 4. The zero-order chi connectivity index (χ0) is 29.0. The van der Waals surface area contributed by atoms with Gasteiger partial charge in [0.05, 0.1) is 24.1 Å². The van der Waals surface area contributed by atoms with Crippen LogP contribution in [0.4, 0.5) is 23.1 Å². The van der Waals surface area contributed by atoms with Gasteiger partial charge in [-0.05, 0) is 62.1 Å². The molecule has 5 heterocycles. The normalized spacial score (nSPS) is 17.9. The lowest BCUT2D eigenvalue weighted by Crippen LogP contribution is -2.72. The minimum Gasteiger partial charge on any atom is -0.392 e. The number of rotatable bonds is 7. The van der Waals surface area contributed by atoms with Gasteiger partial charge < -0.3 is 20.2 Å². The van der Waals surface area contributed by atoms with Gasteiger partial charge in [0.25, 0.3) is 5.56 Å². The Labute approximate surface area is 244 Å². The molecule has 3 fully saturated rings. The van der Waals surface area contributed by atoms with Crippen molar-refractivity contribution >= 4 is 40.0 Å². The van der Waals surface area contributed by atoms with E-state index in [4.69, 9.17) is 4.98 Å². The van der Waals surface area contributed by atoms with E-state index >= 15 is 0 Å². The Hall–Kier alpha value is -4.31. The maximum Gasteiger partial charge on any atom is 0.263 e. The van der Waals surface area contributed by atoms with Crippen LogP contribution in [0, 0.1) is 12.3 Å². The van der Waals surface area contributed by atoms with Crippen molar-refractivity contribution in [3.05, 3.63) is 75.8 Å². The van der Waals surface area contributed by atoms with Crippen LogP contribution in [0.15, 0.2) is 53.6 Å². The monoisotopic (exact) mass is 565 g/mol. The van der Waals surface area contributed by atoms with Crippen LogP contribution in [-0.2, 0) is 6.61 Å². The Bertz CT molecular complexity index is 1710. The average Bonchev–Trinajstić information content (AvgIpc) is 3.47. The van der Waals surface area contributed by atoms with Crippen LogP contribution in [-0.4, -0.2) is 56.6 Å². The summed E-state index contributed by atoms with van der Waals surface area (Å²) in [6.45, 7) is 7.39. The van der Waals surface area contributed by atoms with Crippen LogP contribution in [0.25, 0.3) is 11.0 Å². The second-order valence-corrected chi connectivity index (χ2v) is 12.2. The van der Waals surface area contributed by atoms with Gasteiger partial charge in [-0.3, -0.25) is 14.2 Å². The van der Waals surface area contributed by atoms with Crippen LogP contribution in [0.1, 0.15) is 60.1 Å². The van der Waals surface area contributed by atoms with E-state index in [0.29, 0.717) is 28.4 Å². The highest BCUT2D eigenvalue weighted by Gasteiger charge is 2.51. The van der Waals surface area contributed by atoms with Crippen LogP contribution < -0.4 is 20.7 Å². The fraction of sp³-hybridized carbons (Fsp3) is 0.406. The van der Waals surface area contributed by atoms with Crippen molar-refractivity contribution in [1.29, 1.82) is 0 Å². The number of carbonyl (C=O) groups is 1. The van der Waals surface area contributed by atoms with Gasteiger partial charge in [-0.1, -0.05) is 25.0 Å². The van der Waals surface area contributed by atoms with Crippen LogP contribution in [0.5, 0.6) is 0 Å². The molecule has 1 aliphatic carbocycles. The fourth-order valence-corrected chi connectivity index (χ4v) is 6.97. The second kappa shape index (κ2) is 10.2. The zero-order valence-electron chi connectivity index (χ0n) is 24.0. The SMILES string of the molecule is CC(=O)c1c(C)c2cnc(Nc3ccc(N4CC5(CN(c6ccc(CO)cc6)C5)C4)cn3)nc2n(C2CCCC2)c1=O. The third kappa shape index (κ3) is 4.50. The number of ketones is 1. The molecule has 1 aromatic carbocycles. The predicted molar refractivity (Wildman–Crippen MR) is 163 cm³/mol. The summed E-state index contributed by atoms with van der Waals surface area (Å²) in [5.41, 5.74) is 4.71. The first-order valence-electron chi connectivity index (χ1n) is 14.7.